The molecule has 0 radical (unpaired) electrons. The minimum atomic E-state index is 0.111. The summed E-state index contributed by atoms with van der Waals surface area (Å²) in [5.41, 5.74) is 1.10. The zero-order valence-corrected chi connectivity index (χ0v) is 13.4. The summed E-state index contributed by atoms with van der Waals surface area (Å²) in [6.45, 7) is 3.09. The first-order valence-electron chi connectivity index (χ1n) is 7.12. The van der Waals surface area contributed by atoms with Gasteiger partial charge in [-0.1, -0.05) is 0 Å². The Labute approximate surface area is 125 Å². The van der Waals surface area contributed by atoms with Crippen LogP contribution in [0.25, 0.3) is 0 Å². The van der Waals surface area contributed by atoms with Gasteiger partial charge in [0, 0.05) is 38.6 Å². The average Bonchev–Trinajstić information content (AvgIpc) is 3.01. The van der Waals surface area contributed by atoms with Crippen molar-refractivity contribution in [2.45, 2.75) is 31.8 Å². The first kappa shape index (κ1) is 15.4. The van der Waals surface area contributed by atoms with E-state index < -0.39 is 0 Å². The van der Waals surface area contributed by atoms with Gasteiger partial charge in [0.1, 0.15) is 5.01 Å². The predicted molar refractivity (Wildman–Crippen MR) is 81.9 cm³/mol. The van der Waals surface area contributed by atoms with Crippen LogP contribution in [-0.2, 0) is 17.8 Å². The number of carbonyl (C=O) groups is 1. The Bertz CT molecular complexity index is 446. The molecule has 1 N–H and O–H groups in total. The molecule has 1 aliphatic rings. The van der Waals surface area contributed by atoms with Crippen molar-refractivity contribution in [2.75, 3.05) is 34.2 Å². The molecule has 1 aliphatic heterocycles. The summed E-state index contributed by atoms with van der Waals surface area (Å²) in [5.74, 6) is 0.111. The summed E-state index contributed by atoms with van der Waals surface area (Å²) in [6, 6.07) is 0.619. The Morgan fingerprint density at radius 2 is 2.40 bits per heavy atom. The third-order valence-electron chi connectivity index (χ3n) is 3.70. The van der Waals surface area contributed by atoms with Gasteiger partial charge >= 0.3 is 0 Å². The van der Waals surface area contributed by atoms with Gasteiger partial charge in [-0.2, -0.15) is 0 Å². The van der Waals surface area contributed by atoms with Crippen LogP contribution in [0.4, 0.5) is 0 Å². The molecule has 1 aromatic heterocycles. The number of thiazole rings is 1. The quantitative estimate of drug-likeness (QED) is 0.849. The first-order valence-corrected chi connectivity index (χ1v) is 8.00. The van der Waals surface area contributed by atoms with E-state index in [0.29, 0.717) is 12.5 Å². The zero-order chi connectivity index (χ0) is 14.5. The van der Waals surface area contributed by atoms with Gasteiger partial charge in [0.05, 0.1) is 12.1 Å². The lowest BCUT2D eigenvalue weighted by Gasteiger charge is -2.23. The number of nitrogens with one attached hydrogen (secondary N) is 1. The van der Waals surface area contributed by atoms with E-state index in [1.165, 1.54) is 12.8 Å². The molecule has 0 saturated carbocycles. The van der Waals surface area contributed by atoms with Gasteiger partial charge in [-0.3, -0.25) is 9.69 Å². The van der Waals surface area contributed by atoms with Crippen LogP contribution in [0, 0.1) is 0 Å². The molecule has 0 spiro atoms. The number of hydrogen-bond acceptors (Lipinski definition) is 5. The van der Waals surface area contributed by atoms with Crippen LogP contribution in [-0.4, -0.2) is 61.0 Å². The van der Waals surface area contributed by atoms with Crippen LogP contribution in [0.1, 0.15) is 23.5 Å². The maximum atomic E-state index is 11.7. The van der Waals surface area contributed by atoms with Crippen molar-refractivity contribution >= 4 is 17.2 Å². The second kappa shape index (κ2) is 7.15. The van der Waals surface area contributed by atoms with E-state index in [-0.39, 0.29) is 5.91 Å². The number of likely N-dealkylation sites (tertiary alicyclic amines) is 1. The van der Waals surface area contributed by atoms with Crippen molar-refractivity contribution in [2.24, 2.45) is 0 Å². The van der Waals surface area contributed by atoms with Gasteiger partial charge in [0.2, 0.25) is 5.91 Å². The fourth-order valence-corrected chi connectivity index (χ4v) is 3.34. The first-order chi connectivity index (χ1) is 9.60. The number of rotatable bonds is 6. The number of aromatic nitrogens is 1. The largest absolute Gasteiger partial charge is 0.348 e. The molecule has 1 amide bonds. The molecule has 2 rings (SSSR count). The van der Waals surface area contributed by atoms with Crippen LogP contribution in [0.5, 0.6) is 0 Å². The van der Waals surface area contributed by atoms with Crippen LogP contribution >= 0.6 is 11.3 Å². The Hall–Kier alpha value is -0.980. The highest BCUT2D eigenvalue weighted by Crippen LogP contribution is 2.20. The Kier molecular flexibility index (Phi) is 5.51. The molecule has 5 nitrogen and oxygen atoms in total. The zero-order valence-electron chi connectivity index (χ0n) is 12.6. The summed E-state index contributed by atoms with van der Waals surface area (Å²) >= 11 is 1.59. The molecule has 0 aromatic carbocycles. The van der Waals surface area contributed by atoms with Gasteiger partial charge in [-0.15, -0.1) is 11.3 Å². The SMILES string of the molecule is CNCC1CCCN1Cc1csc(CC(=O)N(C)C)n1. The molecule has 1 saturated heterocycles. The van der Waals surface area contributed by atoms with Crippen LogP contribution in [0.2, 0.25) is 0 Å². The minimum absolute atomic E-state index is 0.111. The van der Waals surface area contributed by atoms with Crippen molar-refractivity contribution in [3.8, 4) is 0 Å². The molecule has 1 unspecified atom stereocenters. The summed E-state index contributed by atoms with van der Waals surface area (Å²) in [4.78, 5) is 20.4. The summed E-state index contributed by atoms with van der Waals surface area (Å²) in [5, 5.41) is 6.27. The molecule has 0 aliphatic carbocycles. The second-order valence-corrected chi connectivity index (χ2v) is 6.46. The third kappa shape index (κ3) is 4.01. The molecule has 2 heterocycles. The van der Waals surface area contributed by atoms with Crippen molar-refractivity contribution < 1.29 is 4.79 Å². The van der Waals surface area contributed by atoms with Crippen molar-refractivity contribution in [1.82, 2.24) is 20.1 Å². The number of amides is 1. The smallest absolute Gasteiger partial charge is 0.228 e. The molecule has 20 heavy (non-hydrogen) atoms. The summed E-state index contributed by atoms with van der Waals surface area (Å²) in [6.07, 6.45) is 2.94. The molecule has 1 fully saturated rings. The van der Waals surface area contributed by atoms with Crippen LogP contribution in [0.15, 0.2) is 5.38 Å². The van der Waals surface area contributed by atoms with E-state index in [4.69, 9.17) is 0 Å². The maximum Gasteiger partial charge on any atom is 0.228 e. The summed E-state index contributed by atoms with van der Waals surface area (Å²) in [7, 11) is 5.57. The number of likely N-dealkylation sites (N-methyl/N-ethyl adjacent to an activating group) is 2. The van der Waals surface area contributed by atoms with Gasteiger partial charge in [-0.25, -0.2) is 4.98 Å². The second-order valence-electron chi connectivity index (χ2n) is 5.52. The lowest BCUT2D eigenvalue weighted by Crippen LogP contribution is -2.36. The van der Waals surface area contributed by atoms with E-state index in [1.54, 1.807) is 30.3 Å². The van der Waals surface area contributed by atoms with Crippen LogP contribution in [0.3, 0.4) is 0 Å². The molecule has 6 heteroatoms. The highest BCUT2D eigenvalue weighted by Gasteiger charge is 2.24. The maximum absolute atomic E-state index is 11.7. The van der Waals surface area contributed by atoms with E-state index >= 15 is 0 Å². The van der Waals surface area contributed by atoms with E-state index in [2.05, 4.69) is 20.6 Å². The number of hydrogen-bond donors (Lipinski definition) is 1. The normalized spacial score (nSPS) is 19.4. The van der Waals surface area contributed by atoms with Crippen LogP contribution < -0.4 is 5.32 Å². The van der Waals surface area contributed by atoms with Crippen molar-refractivity contribution in [1.29, 1.82) is 0 Å². The Balaban J connectivity index is 1.90. The predicted octanol–water partition coefficient (Wildman–Crippen LogP) is 0.958. The van der Waals surface area contributed by atoms with Gasteiger partial charge in [0.25, 0.3) is 0 Å². The lowest BCUT2D eigenvalue weighted by atomic mass is 10.2. The highest BCUT2D eigenvalue weighted by molar-refractivity contribution is 7.09. The van der Waals surface area contributed by atoms with Crippen molar-refractivity contribution in [3.63, 3.8) is 0 Å². The fourth-order valence-electron chi connectivity index (χ4n) is 2.57. The van der Waals surface area contributed by atoms with E-state index in [0.717, 1.165) is 30.3 Å². The van der Waals surface area contributed by atoms with Gasteiger partial charge < -0.3 is 10.2 Å². The third-order valence-corrected chi connectivity index (χ3v) is 4.60. The minimum Gasteiger partial charge on any atom is -0.348 e. The molecule has 1 aromatic rings. The molecule has 0 bridgehead atoms. The van der Waals surface area contributed by atoms with E-state index in [1.807, 2.05) is 7.05 Å². The number of carbonyl (C=O) groups excluding carboxylic acids is 1. The Morgan fingerprint density at radius 1 is 1.60 bits per heavy atom. The van der Waals surface area contributed by atoms with E-state index in [9.17, 15) is 4.79 Å². The molecule has 1 atom stereocenters. The molecular formula is C14H24N4OS. The topological polar surface area (TPSA) is 48.5 Å². The standard InChI is InChI=1S/C14H24N4OS/c1-15-8-12-5-4-6-18(12)9-11-10-20-13(16-11)7-14(19)17(2)3/h10,12,15H,4-9H2,1-3H3. The van der Waals surface area contributed by atoms with Crippen molar-refractivity contribution in [3.05, 3.63) is 16.1 Å². The lowest BCUT2D eigenvalue weighted by molar-refractivity contribution is -0.127. The Morgan fingerprint density at radius 3 is 3.10 bits per heavy atom. The highest BCUT2D eigenvalue weighted by atomic mass is 32.1. The average molecular weight is 296 g/mol. The number of nitrogens with zero attached hydrogens (tertiary/aromatic N) is 3. The van der Waals surface area contributed by atoms with Gasteiger partial charge in [0.15, 0.2) is 0 Å². The fraction of sp³-hybridized carbons (Fsp3) is 0.714. The molecule has 112 valence electrons. The monoisotopic (exact) mass is 296 g/mol. The molecular weight excluding hydrogens is 272 g/mol. The van der Waals surface area contributed by atoms with Gasteiger partial charge in [-0.05, 0) is 26.4 Å². The summed E-state index contributed by atoms with van der Waals surface area (Å²) < 4.78 is 0.